The fraction of sp³-hybridized carbons (Fsp3) is 0.167. The van der Waals surface area contributed by atoms with Gasteiger partial charge in [-0.3, -0.25) is 4.79 Å². The van der Waals surface area contributed by atoms with Crippen LogP contribution < -0.4 is 0 Å². The topological polar surface area (TPSA) is 47.2 Å². The van der Waals surface area contributed by atoms with Gasteiger partial charge in [-0.25, -0.2) is 9.98 Å². The highest BCUT2D eigenvalue weighted by molar-refractivity contribution is 5.99. The standard InChI is InChI=1S/C6H5N3O/c10-6-5-3-7-4-9(5)2-1-8-6/h1,3-4H,2H2. The molecule has 1 aromatic rings. The molecular formula is C6H5N3O. The first-order valence-electron chi connectivity index (χ1n) is 2.95. The van der Waals surface area contributed by atoms with Crippen LogP contribution in [-0.4, -0.2) is 21.7 Å². The van der Waals surface area contributed by atoms with Crippen molar-refractivity contribution in [2.75, 3.05) is 0 Å². The van der Waals surface area contributed by atoms with Gasteiger partial charge < -0.3 is 4.57 Å². The van der Waals surface area contributed by atoms with Crippen LogP contribution in [0.2, 0.25) is 0 Å². The quantitative estimate of drug-likeness (QED) is 0.506. The third-order valence-electron chi connectivity index (χ3n) is 1.42. The van der Waals surface area contributed by atoms with Crippen molar-refractivity contribution in [3.8, 4) is 0 Å². The predicted octanol–water partition coefficient (Wildman–Crippen LogP) is 0.108. The van der Waals surface area contributed by atoms with Gasteiger partial charge in [0.25, 0.3) is 5.91 Å². The van der Waals surface area contributed by atoms with Gasteiger partial charge in [-0.15, -0.1) is 0 Å². The van der Waals surface area contributed by atoms with E-state index in [1.807, 2.05) is 0 Å². The van der Waals surface area contributed by atoms with E-state index in [0.717, 1.165) is 0 Å². The maximum atomic E-state index is 10.9. The van der Waals surface area contributed by atoms with Crippen LogP contribution in [0.3, 0.4) is 0 Å². The number of fused-ring (bicyclic) bond motifs is 1. The summed E-state index contributed by atoms with van der Waals surface area (Å²) >= 11 is 0. The van der Waals surface area contributed by atoms with Gasteiger partial charge in [-0.2, -0.15) is 0 Å². The summed E-state index contributed by atoms with van der Waals surface area (Å²) in [4.78, 5) is 18.3. The van der Waals surface area contributed by atoms with E-state index >= 15 is 0 Å². The lowest BCUT2D eigenvalue weighted by atomic mass is 10.4. The zero-order chi connectivity index (χ0) is 6.97. The van der Waals surface area contributed by atoms with Gasteiger partial charge in [-0.05, 0) is 0 Å². The summed E-state index contributed by atoms with van der Waals surface area (Å²) in [7, 11) is 0. The van der Waals surface area contributed by atoms with Crippen LogP contribution in [0.15, 0.2) is 17.5 Å². The van der Waals surface area contributed by atoms with E-state index in [0.29, 0.717) is 12.2 Å². The molecule has 0 fully saturated rings. The van der Waals surface area contributed by atoms with Gasteiger partial charge in [0.05, 0.1) is 19.1 Å². The number of nitrogens with zero attached hydrogens (tertiary/aromatic N) is 3. The lowest BCUT2D eigenvalue weighted by molar-refractivity contribution is 0.0991. The van der Waals surface area contributed by atoms with Gasteiger partial charge in [0.15, 0.2) is 0 Å². The Morgan fingerprint density at radius 3 is 3.30 bits per heavy atom. The molecule has 1 aromatic heterocycles. The first-order valence-corrected chi connectivity index (χ1v) is 2.95. The second-order valence-corrected chi connectivity index (χ2v) is 2.05. The second kappa shape index (κ2) is 1.76. The van der Waals surface area contributed by atoms with Crippen LogP contribution in [0, 0.1) is 0 Å². The molecule has 0 unspecified atom stereocenters. The molecular weight excluding hydrogens is 130 g/mol. The number of hydrogen-bond acceptors (Lipinski definition) is 2. The third kappa shape index (κ3) is 0.586. The van der Waals surface area contributed by atoms with Crippen molar-refractivity contribution in [2.24, 2.45) is 4.99 Å². The first-order chi connectivity index (χ1) is 4.88. The number of rotatable bonds is 0. The van der Waals surface area contributed by atoms with Crippen molar-refractivity contribution in [1.82, 2.24) is 9.55 Å². The van der Waals surface area contributed by atoms with E-state index in [4.69, 9.17) is 0 Å². The zero-order valence-corrected chi connectivity index (χ0v) is 5.19. The minimum Gasteiger partial charge on any atom is -0.321 e. The van der Waals surface area contributed by atoms with E-state index in [1.165, 1.54) is 6.20 Å². The number of hydrogen-bond donors (Lipinski definition) is 0. The Kier molecular flexibility index (Phi) is 0.943. The Balaban J connectivity index is 2.58. The molecule has 1 aliphatic rings. The fourth-order valence-electron chi connectivity index (χ4n) is 0.922. The molecule has 10 heavy (non-hydrogen) atoms. The number of carbonyl (C=O) groups excluding carboxylic acids is 1. The summed E-state index contributed by atoms with van der Waals surface area (Å²) < 4.78 is 1.76. The molecule has 0 bridgehead atoms. The highest BCUT2D eigenvalue weighted by atomic mass is 16.1. The molecule has 4 heteroatoms. The Morgan fingerprint density at radius 1 is 1.60 bits per heavy atom. The van der Waals surface area contributed by atoms with E-state index in [2.05, 4.69) is 9.98 Å². The summed E-state index contributed by atoms with van der Waals surface area (Å²) in [6.07, 6.45) is 4.73. The maximum Gasteiger partial charge on any atom is 0.294 e. The summed E-state index contributed by atoms with van der Waals surface area (Å²) in [5.41, 5.74) is 0.572. The predicted molar refractivity (Wildman–Crippen MR) is 35.0 cm³/mol. The van der Waals surface area contributed by atoms with E-state index in [9.17, 15) is 4.79 Å². The lowest BCUT2D eigenvalue weighted by Gasteiger charge is -2.04. The van der Waals surface area contributed by atoms with Crippen LogP contribution in [0.25, 0.3) is 0 Å². The van der Waals surface area contributed by atoms with Crippen LogP contribution >= 0.6 is 0 Å². The molecule has 0 aliphatic carbocycles. The normalized spacial score (nSPS) is 15.4. The van der Waals surface area contributed by atoms with Crippen molar-refractivity contribution < 1.29 is 4.79 Å². The number of aromatic nitrogens is 2. The molecule has 0 atom stereocenters. The molecule has 2 rings (SSSR count). The largest absolute Gasteiger partial charge is 0.321 e. The van der Waals surface area contributed by atoms with E-state index < -0.39 is 0 Å². The Labute approximate surface area is 57.2 Å². The smallest absolute Gasteiger partial charge is 0.294 e. The number of imidazole rings is 1. The van der Waals surface area contributed by atoms with E-state index in [-0.39, 0.29) is 5.91 Å². The van der Waals surface area contributed by atoms with Gasteiger partial charge in [0, 0.05) is 6.21 Å². The van der Waals surface area contributed by atoms with Gasteiger partial charge in [0.2, 0.25) is 0 Å². The SMILES string of the molecule is O=C1N=CCn2cncc21. The minimum absolute atomic E-state index is 0.205. The van der Waals surface area contributed by atoms with Crippen molar-refractivity contribution in [1.29, 1.82) is 0 Å². The number of aliphatic imine (C=N–C) groups is 1. The first kappa shape index (κ1) is 5.34. The molecule has 0 spiro atoms. The summed E-state index contributed by atoms with van der Waals surface area (Å²) in [5.74, 6) is -0.205. The molecule has 0 radical (unpaired) electrons. The Bertz CT molecular complexity index is 300. The number of carbonyl (C=O) groups is 1. The van der Waals surface area contributed by atoms with Crippen molar-refractivity contribution in [3.63, 3.8) is 0 Å². The van der Waals surface area contributed by atoms with Crippen molar-refractivity contribution in [3.05, 3.63) is 18.2 Å². The second-order valence-electron chi connectivity index (χ2n) is 2.05. The molecule has 4 nitrogen and oxygen atoms in total. The monoisotopic (exact) mass is 135 g/mol. The third-order valence-corrected chi connectivity index (χ3v) is 1.42. The number of amides is 1. The van der Waals surface area contributed by atoms with Crippen LogP contribution in [0.5, 0.6) is 0 Å². The van der Waals surface area contributed by atoms with Gasteiger partial charge >= 0.3 is 0 Å². The molecule has 0 saturated carbocycles. The van der Waals surface area contributed by atoms with Crippen LogP contribution in [-0.2, 0) is 6.54 Å². The van der Waals surface area contributed by atoms with Crippen LogP contribution in [0.1, 0.15) is 10.5 Å². The summed E-state index contributed by atoms with van der Waals surface area (Å²) in [6.45, 7) is 0.654. The molecule has 0 N–H and O–H groups in total. The van der Waals surface area contributed by atoms with Crippen molar-refractivity contribution >= 4 is 12.1 Å². The summed E-state index contributed by atoms with van der Waals surface area (Å²) in [5, 5.41) is 0. The minimum atomic E-state index is -0.205. The van der Waals surface area contributed by atoms with Crippen LogP contribution in [0.4, 0.5) is 0 Å². The van der Waals surface area contributed by atoms with Gasteiger partial charge in [-0.1, -0.05) is 0 Å². The molecule has 2 heterocycles. The highest BCUT2D eigenvalue weighted by Crippen LogP contribution is 2.03. The molecule has 0 aromatic carbocycles. The molecule has 0 saturated heterocycles. The van der Waals surface area contributed by atoms with Crippen molar-refractivity contribution in [2.45, 2.75) is 6.54 Å². The molecule has 1 amide bonds. The van der Waals surface area contributed by atoms with Gasteiger partial charge in [0.1, 0.15) is 5.69 Å². The maximum absolute atomic E-state index is 10.9. The Hall–Kier alpha value is -1.45. The molecule has 50 valence electrons. The lowest BCUT2D eigenvalue weighted by Crippen LogP contribution is -2.13. The average molecular weight is 135 g/mol. The fourth-order valence-corrected chi connectivity index (χ4v) is 0.922. The molecule has 1 aliphatic heterocycles. The Morgan fingerprint density at radius 2 is 2.50 bits per heavy atom. The van der Waals surface area contributed by atoms with E-state index in [1.54, 1.807) is 17.1 Å². The zero-order valence-electron chi connectivity index (χ0n) is 5.19. The summed E-state index contributed by atoms with van der Waals surface area (Å²) in [6, 6.07) is 0. The average Bonchev–Trinajstić information content (AvgIpc) is 2.36. The highest BCUT2D eigenvalue weighted by Gasteiger charge is 2.12.